The van der Waals surface area contributed by atoms with Crippen molar-refractivity contribution >= 4 is 6.09 Å². The maximum absolute atomic E-state index is 12.7. The molecule has 0 aliphatic carbocycles. The van der Waals surface area contributed by atoms with E-state index in [-0.39, 0.29) is 18.2 Å². The van der Waals surface area contributed by atoms with Crippen LogP contribution in [-0.4, -0.2) is 22.6 Å². The van der Waals surface area contributed by atoms with Gasteiger partial charge in [0.1, 0.15) is 5.60 Å². The fourth-order valence-electron chi connectivity index (χ4n) is 3.31. The van der Waals surface area contributed by atoms with Gasteiger partial charge in [-0.2, -0.15) is 0 Å². The van der Waals surface area contributed by atoms with Crippen molar-refractivity contribution < 1.29 is 9.53 Å². The number of carbonyl (C=O) groups is 1. The fraction of sp³-hybridized carbons (Fsp3) is 0.500. The molecule has 0 radical (unpaired) electrons. The van der Waals surface area contributed by atoms with Crippen LogP contribution >= 0.6 is 0 Å². The van der Waals surface area contributed by atoms with Crippen LogP contribution in [0, 0.1) is 0 Å². The van der Waals surface area contributed by atoms with Crippen LogP contribution in [0.25, 0.3) is 0 Å². The lowest BCUT2D eigenvalue weighted by atomic mass is 9.87. The first-order valence-corrected chi connectivity index (χ1v) is 7.70. The van der Waals surface area contributed by atoms with E-state index >= 15 is 0 Å². The molecule has 21 heavy (non-hydrogen) atoms. The van der Waals surface area contributed by atoms with Gasteiger partial charge >= 0.3 is 6.09 Å². The molecule has 0 unspecified atom stereocenters. The van der Waals surface area contributed by atoms with Gasteiger partial charge in [0.2, 0.25) is 0 Å². The molecule has 2 heterocycles. The topological polar surface area (TPSA) is 29.5 Å². The predicted octanol–water partition coefficient (Wildman–Crippen LogP) is 4.24. The van der Waals surface area contributed by atoms with Crippen molar-refractivity contribution in [3.05, 3.63) is 47.5 Å². The van der Waals surface area contributed by atoms with Crippen LogP contribution in [0.15, 0.2) is 36.4 Å². The normalized spacial score (nSPS) is 24.2. The van der Waals surface area contributed by atoms with E-state index in [9.17, 15) is 4.79 Å². The summed E-state index contributed by atoms with van der Waals surface area (Å²) in [6, 6.07) is 8.79. The number of nitrogens with zero attached hydrogens (tertiary/aromatic N) is 1. The molecule has 0 fully saturated rings. The first kappa shape index (κ1) is 14.2. The number of carbonyl (C=O) groups excluding carboxylic acids is 1. The van der Waals surface area contributed by atoms with Crippen LogP contribution in [0.5, 0.6) is 0 Å². The third kappa shape index (κ3) is 2.82. The van der Waals surface area contributed by atoms with Crippen LogP contribution in [0.2, 0.25) is 0 Å². The Balaban J connectivity index is 1.96. The summed E-state index contributed by atoms with van der Waals surface area (Å²) >= 11 is 0. The zero-order valence-electron chi connectivity index (χ0n) is 13.0. The molecule has 3 nitrogen and oxygen atoms in total. The summed E-state index contributed by atoms with van der Waals surface area (Å²) in [4.78, 5) is 14.6. The van der Waals surface area contributed by atoms with Gasteiger partial charge in [0.15, 0.2) is 0 Å². The summed E-state index contributed by atoms with van der Waals surface area (Å²) in [6.07, 6.45) is 6.90. The highest BCUT2D eigenvalue weighted by Gasteiger charge is 2.39. The lowest BCUT2D eigenvalue weighted by molar-refractivity contribution is 0.00286. The molecule has 2 aliphatic rings. The number of ether oxygens (including phenoxy) is 1. The molecule has 0 saturated heterocycles. The maximum Gasteiger partial charge on any atom is 0.411 e. The number of hydrogen-bond donors (Lipinski definition) is 0. The Morgan fingerprint density at radius 3 is 2.67 bits per heavy atom. The van der Waals surface area contributed by atoms with E-state index in [0.717, 1.165) is 19.3 Å². The van der Waals surface area contributed by atoms with Crippen molar-refractivity contribution in [3.8, 4) is 0 Å². The second-order valence-electron chi connectivity index (χ2n) is 6.90. The Morgan fingerprint density at radius 1 is 1.19 bits per heavy atom. The molecule has 3 heteroatoms. The highest BCUT2D eigenvalue weighted by molar-refractivity contribution is 5.70. The van der Waals surface area contributed by atoms with Gasteiger partial charge in [-0.1, -0.05) is 36.4 Å². The van der Waals surface area contributed by atoms with E-state index in [1.54, 1.807) is 0 Å². The quantitative estimate of drug-likeness (QED) is 0.667. The first-order valence-electron chi connectivity index (χ1n) is 7.70. The molecule has 1 amide bonds. The molecule has 2 aliphatic heterocycles. The smallest absolute Gasteiger partial charge is 0.411 e. The average Bonchev–Trinajstić information content (AvgIpc) is 2.55. The molecule has 0 saturated carbocycles. The fourth-order valence-corrected chi connectivity index (χ4v) is 3.31. The molecule has 1 aromatic rings. The number of hydrogen-bond acceptors (Lipinski definition) is 2. The maximum atomic E-state index is 12.7. The minimum Gasteiger partial charge on any atom is -0.444 e. The van der Waals surface area contributed by atoms with Crippen LogP contribution < -0.4 is 0 Å². The number of rotatable bonds is 0. The number of amides is 1. The number of benzene rings is 1. The molecule has 0 N–H and O–H groups in total. The van der Waals surface area contributed by atoms with Gasteiger partial charge in [0.25, 0.3) is 0 Å². The van der Waals surface area contributed by atoms with Crippen molar-refractivity contribution in [2.45, 2.75) is 57.7 Å². The van der Waals surface area contributed by atoms with Gasteiger partial charge in [-0.15, -0.1) is 0 Å². The standard InChI is InChI=1S/C18H23NO2/c1-18(2,3)21-17(20)19-14-9-5-7-11-16(19)15-10-6-4-8-13(15)12-14/h4-8,10,14,16H,9,11-12H2,1-3H3/t14-,16+/m0/s1. The van der Waals surface area contributed by atoms with Crippen molar-refractivity contribution in [1.29, 1.82) is 0 Å². The van der Waals surface area contributed by atoms with E-state index in [2.05, 4.69) is 36.4 Å². The van der Waals surface area contributed by atoms with Crippen molar-refractivity contribution in [2.24, 2.45) is 0 Å². The lowest BCUT2D eigenvalue weighted by Crippen LogP contribution is -2.48. The molecular formula is C18H23NO2. The Bertz CT molecular complexity index is 571. The SMILES string of the molecule is CC(C)(C)OC(=O)N1[C@H]2CC=CC[C@@H]1c1ccccc1C2. The van der Waals surface area contributed by atoms with Crippen LogP contribution in [0.4, 0.5) is 4.79 Å². The molecule has 0 aromatic heterocycles. The average molecular weight is 285 g/mol. The van der Waals surface area contributed by atoms with Gasteiger partial charge in [-0.25, -0.2) is 4.79 Å². The third-order valence-corrected chi connectivity index (χ3v) is 4.14. The highest BCUT2D eigenvalue weighted by Crippen LogP contribution is 2.39. The molecule has 112 valence electrons. The zero-order chi connectivity index (χ0) is 15.0. The van der Waals surface area contributed by atoms with Crippen LogP contribution in [-0.2, 0) is 11.2 Å². The summed E-state index contributed by atoms with van der Waals surface area (Å²) in [7, 11) is 0. The van der Waals surface area contributed by atoms with E-state index in [4.69, 9.17) is 4.74 Å². The lowest BCUT2D eigenvalue weighted by Gasteiger charge is -2.42. The Hall–Kier alpha value is -1.77. The summed E-state index contributed by atoms with van der Waals surface area (Å²) in [5.74, 6) is 0. The second kappa shape index (κ2) is 5.21. The highest BCUT2D eigenvalue weighted by atomic mass is 16.6. The molecule has 2 bridgehead atoms. The second-order valence-corrected chi connectivity index (χ2v) is 6.90. The summed E-state index contributed by atoms with van der Waals surface area (Å²) in [5.41, 5.74) is 2.19. The molecular weight excluding hydrogens is 262 g/mol. The van der Waals surface area contributed by atoms with E-state index < -0.39 is 5.60 Å². The Labute approximate surface area is 126 Å². The van der Waals surface area contributed by atoms with Crippen molar-refractivity contribution in [2.75, 3.05) is 0 Å². The molecule has 1 aromatic carbocycles. The van der Waals surface area contributed by atoms with Crippen molar-refractivity contribution in [1.82, 2.24) is 4.90 Å². The Kier molecular flexibility index (Phi) is 3.52. The van der Waals surface area contributed by atoms with Crippen molar-refractivity contribution in [3.63, 3.8) is 0 Å². The predicted molar refractivity (Wildman–Crippen MR) is 83.1 cm³/mol. The van der Waals surface area contributed by atoms with Gasteiger partial charge < -0.3 is 4.74 Å². The molecule has 3 rings (SSSR count). The summed E-state index contributed by atoms with van der Waals surface area (Å²) < 4.78 is 5.64. The van der Waals surface area contributed by atoms with E-state index in [1.807, 2.05) is 25.7 Å². The van der Waals surface area contributed by atoms with Gasteiger partial charge in [0, 0.05) is 6.04 Å². The first-order chi connectivity index (χ1) is 9.96. The van der Waals surface area contributed by atoms with Gasteiger partial charge in [-0.3, -0.25) is 4.90 Å². The van der Waals surface area contributed by atoms with Crippen LogP contribution in [0.3, 0.4) is 0 Å². The van der Waals surface area contributed by atoms with E-state index in [0.29, 0.717) is 0 Å². The van der Waals surface area contributed by atoms with E-state index in [1.165, 1.54) is 11.1 Å². The molecule has 2 atom stereocenters. The third-order valence-electron chi connectivity index (χ3n) is 4.14. The molecule has 0 spiro atoms. The minimum absolute atomic E-state index is 0.105. The largest absolute Gasteiger partial charge is 0.444 e. The van der Waals surface area contributed by atoms with Crippen LogP contribution in [0.1, 0.15) is 50.8 Å². The summed E-state index contributed by atoms with van der Waals surface area (Å²) in [5, 5.41) is 0. The Morgan fingerprint density at radius 2 is 1.90 bits per heavy atom. The number of fused-ring (bicyclic) bond motifs is 4. The van der Waals surface area contributed by atoms with Gasteiger partial charge in [-0.05, 0) is 51.2 Å². The summed E-state index contributed by atoms with van der Waals surface area (Å²) in [6.45, 7) is 5.76. The minimum atomic E-state index is -0.454. The zero-order valence-corrected chi connectivity index (χ0v) is 13.0. The van der Waals surface area contributed by atoms with Gasteiger partial charge in [0.05, 0.1) is 6.04 Å². The monoisotopic (exact) mass is 285 g/mol.